The third-order valence-corrected chi connectivity index (χ3v) is 3.85. The summed E-state index contributed by atoms with van der Waals surface area (Å²) >= 11 is 5.89. The summed E-state index contributed by atoms with van der Waals surface area (Å²) in [5.41, 5.74) is 0.905. The molecular weight excluding hydrogens is 494 g/mol. The molecule has 0 aliphatic heterocycles. The fourth-order valence-electron chi connectivity index (χ4n) is 2.34. The Morgan fingerprint density at radius 3 is 2.32 bits per heavy atom. The second kappa shape index (κ2) is 10.5. The first-order chi connectivity index (χ1) is 15.9. The fraction of sp³-hybridized carbons (Fsp3) is 0.211. The highest BCUT2D eigenvalue weighted by Crippen LogP contribution is 2.26. The number of anilines is 2. The van der Waals surface area contributed by atoms with Crippen LogP contribution in [0.4, 0.5) is 43.9 Å². The van der Waals surface area contributed by atoms with Crippen LogP contribution in [-0.4, -0.2) is 34.1 Å². The maximum atomic E-state index is 12.5. The molecule has 0 unspecified atom stereocenters. The van der Waals surface area contributed by atoms with E-state index in [1.165, 1.54) is 12.1 Å². The zero-order valence-corrected chi connectivity index (χ0v) is 17.5. The molecule has 0 saturated carbocycles. The summed E-state index contributed by atoms with van der Waals surface area (Å²) in [5, 5.41) is 10.7. The van der Waals surface area contributed by atoms with Gasteiger partial charge in [0.15, 0.2) is 6.61 Å². The number of nitrogens with one attached hydrogen (secondary N) is 1. The molecule has 0 aliphatic rings. The molecule has 1 N–H and O–H groups in total. The molecule has 2 aromatic carbocycles. The molecule has 0 aliphatic carbocycles. The number of hydrogen-bond donors (Lipinski definition) is 1. The zero-order valence-electron chi connectivity index (χ0n) is 16.7. The van der Waals surface area contributed by atoms with Gasteiger partial charge in [0.1, 0.15) is 5.75 Å². The molecule has 0 radical (unpaired) electrons. The van der Waals surface area contributed by atoms with Crippen molar-refractivity contribution in [2.45, 2.75) is 19.1 Å². The number of nitrogens with zero attached hydrogens (tertiary/aromatic N) is 5. The Kier molecular flexibility index (Phi) is 7.71. The van der Waals surface area contributed by atoms with Gasteiger partial charge >= 0.3 is 18.5 Å². The zero-order chi connectivity index (χ0) is 24.8. The van der Waals surface area contributed by atoms with Crippen molar-refractivity contribution in [3.05, 3.63) is 59.1 Å². The molecule has 0 spiro atoms. The Morgan fingerprint density at radius 1 is 0.941 bits per heavy atom. The first-order valence-corrected chi connectivity index (χ1v) is 9.53. The van der Waals surface area contributed by atoms with E-state index in [4.69, 9.17) is 11.6 Å². The number of aromatic nitrogens is 3. The molecule has 3 aromatic rings. The van der Waals surface area contributed by atoms with Gasteiger partial charge in [0.2, 0.25) is 5.95 Å². The van der Waals surface area contributed by atoms with Crippen LogP contribution in [0.1, 0.15) is 5.56 Å². The smallest absolute Gasteiger partial charge is 0.454 e. The molecule has 180 valence electrons. The van der Waals surface area contributed by atoms with Gasteiger partial charge in [-0.15, -0.1) is 18.3 Å². The third kappa shape index (κ3) is 8.69. The van der Waals surface area contributed by atoms with Gasteiger partial charge in [0.25, 0.3) is 5.95 Å². The number of azo groups is 1. The van der Waals surface area contributed by atoms with Gasteiger partial charge in [-0.3, -0.25) is 0 Å². The maximum Gasteiger partial charge on any atom is 0.573 e. The number of hydrogen-bond acceptors (Lipinski definition) is 8. The second-order valence-corrected chi connectivity index (χ2v) is 6.81. The van der Waals surface area contributed by atoms with Crippen LogP contribution < -0.4 is 14.8 Å². The number of alkyl halides is 6. The standard InChI is InChI=1S/C19H13ClF6N6O2/c20-12-3-1-2-11(8-12)9-27-32-16-29-15(30-17(31-16)33-10-18(21,22)23)28-13-4-6-14(7-5-13)34-19(24,25)26/h1-8H,9-10H2,(H,28,29,30,31). The summed E-state index contributed by atoms with van der Waals surface area (Å²) in [4.78, 5) is 11.3. The summed E-state index contributed by atoms with van der Waals surface area (Å²) in [6.45, 7) is -1.59. The Morgan fingerprint density at radius 2 is 1.68 bits per heavy atom. The van der Waals surface area contributed by atoms with Crippen molar-refractivity contribution in [3.63, 3.8) is 0 Å². The molecule has 0 bridgehead atoms. The average Bonchev–Trinajstić information content (AvgIpc) is 2.72. The number of halogens is 7. The minimum absolute atomic E-state index is 0.0778. The van der Waals surface area contributed by atoms with E-state index >= 15 is 0 Å². The van der Waals surface area contributed by atoms with Gasteiger partial charge < -0.3 is 14.8 Å². The first-order valence-electron chi connectivity index (χ1n) is 9.16. The van der Waals surface area contributed by atoms with Gasteiger partial charge in [-0.05, 0) is 42.0 Å². The van der Waals surface area contributed by atoms with Crippen LogP contribution in [0.2, 0.25) is 5.02 Å². The van der Waals surface area contributed by atoms with Crippen molar-refractivity contribution in [2.75, 3.05) is 11.9 Å². The Hall–Kier alpha value is -3.68. The molecule has 0 fully saturated rings. The third-order valence-electron chi connectivity index (χ3n) is 3.61. The van der Waals surface area contributed by atoms with Crippen LogP contribution in [0.3, 0.4) is 0 Å². The highest BCUT2D eigenvalue weighted by atomic mass is 35.5. The molecule has 0 atom stereocenters. The summed E-state index contributed by atoms with van der Waals surface area (Å²) in [7, 11) is 0. The minimum Gasteiger partial charge on any atom is -0.454 e. The first kappa shape index (κ1) is 25.0. The van der Waals surface area contributed by atoms with Gasteiger partial charge in [-0.25, -0.2) is 0 Å². The van der Waals surface area contributed by atoms with Gasteiger partial charge in [0.05, 0.1) is 6.54 Å². The molecule has 0 saturated heterocycles. The number of benzene rings is 2. The van der Waals surface area contributed by atoms with E-state index in [1.807, 2.05) is 0 Å². The van der Waals surface area contributed by atoms with E-state index in [-0.39, 0.29) is 24.1 Å². The average molecular weight is 507 g/mol. The lowest BCUT2D eigenvalue weighted by molar-refractivity contribution is -0.274. The van der Waals surface area contributed by atoms with E-state index in [0.29, 0.717) is 10.6 Å². The van der Waals surface area contributed by atoms with Gasteiger partial charge in [-0.1, -0.05) is 23.7 Å². The lowest BCUT2D eigenvalue weighted by atomic mass is 10.2. The van der Waals surface area contributed by atoms with Crippen molar-refractivity contribution in [1.29, 1.82) is 0 Å². The molecule has 0 amide bonds. The van der Waals surface area contributed by atoms with Crippen molar-refractivity contribution in [2.24, 2.45) is 10.2 Å². The summed E-state index contributed by atoms with van der Waals surface area (Å²) < 4.78 is 82.7. The van der Waals surface area contributed by atoms with Crippen molar-refractivity contribution >= 4 is 29.2 Å². The van der Waals surface area contributed by atoms with Crippen LogP contribution in [0.15, 0.2) is 58.8 Å². The van der Waals surface area contributed by atoms with Crippen LogP contribution >= 0.6 is 11.6 Å². The molecule has 34 heavy (non-hydrogen) atoms. The summed E-state index contributed by atoms with van der Waals surface area (Å²) in [6, 6.07) is 10.5. The van der Waals surface area contributed by atoms with Crippen molar-refractivity contribution in [1.82, 2.24) is 15.0 Å². The SMILES string of the molecule is FC(F)(F)COc1nc(N=NCc2cccc(Cl)c2)nc(Nc2ccc(OC(F)(F)F)cc2)n1. The Bertz CT molecular complexity index is 1140. The molecule has 8 nitrogen and oxygen atoms in total. The second-order valence-electron chi connectivity index (χ2n) is 6.37. The van der Waals surface area contributed by atoms with Gasteiger partial charge in [0, 0.05) is 10.7 Å². The number of ether oxygens (including phenoxy) is 2. The molecule has 1 heterocycles. The van der Waals surface area contributed by atoms with Crippen molar-refractivity contribution in [3.8, 4) is 11.8 Å². The monoisotopic (exact) mass is 506 g/mol. The highest BCUT2D eigenvalue weighted by Gasteiger charge is 2.31. The van der Waals surface area contributed by atoms with Crippen molar-refractivity contribution < 1.29 is 35.8 Å². The van der Waals surface area contributed by atoms with Crippen LogP contribution in [0.25, 0.3) is 0 Å². The largest absolute Gasteiger partial charge is 0.573 e. The van der Waals surface area contributed by atoms with Crippen LogP contribution in [0.5, 0.6) is 11.8 Å². The Balaban J connectivity index is 1.78. The summed E-state index contributed by atoms with van der Waals surface area (Å²) in [6.07, 6.45) is -9.51. The maximum absolute atomic E-state index is 12.5. The predicted molar refractivity (Wildman–Crippen MR) is 107 cm³/mol. The van der Waals surface area contributed by atoms with Crippen LogP contribution in [-0.2, 0) is 6.54 Å². The topological polar surface area (TPSA) is 93.9 Å². The van der Waals surface area contributed by atoms with E-state index in [0.717, 1.165) is 12.1 Å². The highest BCUT2D eigenvalue weighted by molar-refractivity contribution is 6.30. The van der Waals surface area contributed by atoms with Gasteiger partial charge in [-0.2, -0.15) is 33.2 Å². The molecule has 3 rings (SSSR count). The van der Waals surface area contributed by atoms with E-state index in [2.05, 4.69) is 40.0 Å². The van der Waals surface area contributed by atoms with E-state index in [1.54, 1.807) is 24.3 Å². The van der Waals surface area contributed by atoms with E-state index in [9.17, 15) is 26.3 Å². The number of rotatable bonds is 8. The lowest BCUT2D eigenvalue weighted by Crippen LogP contribution is -2.20. The van der Waals surface area contributed by atoms with E-state index < -0.39 is 30.9 Å². The Labute approximate surface area is 192 Å². The molecular formula is C19H13ClF6N6O2. The molecule has 1 aromatic heterocycles. The van der Waals surface area contributed by atoms with Crippen LogP contribution in [0, 0.1) is 0 Å². The molecule has 15 heteroatoms. The summed E-state index contributed by atoms with van der Waals surface area (Å²) in [5.74, 6) is -1.12. The minimum atomic E-state index is -4.86. The fourth-order valence-corrected chi connectivity index (χ4v) is 2.55. The predicted octanol–water partition coefficient (Wildman–Crippen LogP) is 6.39. The quantitative estimate of drug-likeness (QED) is 0.281. The normalized spacial score (nSPS) is 12.1. The lowest BCUT2D eigenvalue weighted by Gasteiger charge is -2.11.